The molecule has 0 saturated carbocycles. The Balaban J connectivity index is 2.64. The molecule has 0 aliphatic carbocycles. The lowest BCUT2D eigenvalue weighted by atomic mass is 10.1. The van der Waals surface area contributed by atoms with Crippen LogP contribution in [0.15, 0.2) is 24.3 Å². The number of pyridine rings is 1. The zero-order valence-electron chi connectivity index (χ0n) is 13.2. The highest BCUT2D eigenvalue weighted by Gasteiger charge is 2.13. The number of hydrogen-bond donors (Lipinski definition) is 0. The average molecular weight is 301 g/mol. The van der Waals surface area contributed by atoms with Gasteiger partial charge in [-0.15, -0.1) is 0 Å². The summed E-state index contributed by atoms with van der Waals surface area (Å²) in [7, 11) is 3.19. The van der Waals surface area contributed by atoms with Crippen LogP contribution < -0.4 is 9.47 Å². The van der Waals surface area contributed by atoms with E-state index in [1.54, 1.807) is 27.2 Å². The van der Waals surface area contributed by atoms with E-state index in [0.717, 1.165) is 16.6 Å². The van der Waals surface area contributed by atoms with Gasteiger partial charge in [0.2, 0.25) is 0 Å². The average Bonchev–Trinajstić information content (AvgIpc) is 2.51. The molecule has 0 radical (unpaired) electrons. The quantitative estimate of drug-likeness (QED) is 0.627. The number of benzene rings is 1. The number of esters is 1. The topological polar surface area (TPSA) is 57.7 Å². The van der Waals surface area contributed by atoms with E-state index in [1.165, 1.54) is 6.08 Å². The minimum atomic E-state index is -0.382. The number of rotatable bonds is 5. The molecule has 116 valence electrons. The Morgan fingerprint density at radius 1 is 1.23 bits per heavy atom. The maximum Gasteiger partial charge on any atom is 0.330 e. The lowest BCUT2D eigenvalue weighted by Crippen LogP contribution is -1.99. The fraction of sp³-hybridized carbons (Fsp3) is 0.294. The van der Waals surface area contributed by atoms with E-state index in [1.807, 2.05) is 25.1 Å². The highest BCUT2D eigenvalue weighted by molar-refractivity contribution is 5.99. The van der Waals surface area contributed by atoms with Gasteiger partial charge >= 0.3 is 5.97 Å². The normalized spacial score (nSPS) is 10.9. The van der Waals surface area contributed by atoms with Crippen molar-refractivity contribution in [2.45, 2.75) is 13.8 Å². The highest BCUT2D eigenvalue weighted by atomic mass is 16.5. The minimum absolute atomic E-state index is 0.344. The smallest absolute Gasteiger partial charge is 0.330 e. The molecule has 5 heteroatoms. The molecule has 0 spiro atoms. The Bertz CT molecular complexity index is 722. The third kappa shape index (κ3) is 3.19. The Kier molecular flexibility index (Phi) is 4.99. The number of hydrogen-bond acceptors (Lipinski definition) is 5. The second-order valence-corrected chi connectivity index (χ2v) is 4.63. The summed E-state index contributed by atoms with van der Waals surface area (Å²) in [5, 5.41) is 0.799. The summed E-state index contributed by atoms with van der Waals surface area (Å²) in [6.07, 6.45) is 3.10. The van der Waals surface area contributed by atoms with Gasteiger partial charge in [0, 0.05) is 11.8 Å². The summed E-state index contributed by atoms with van der Waals surface area (Å²) >= 11 is 0. The molecule has 0 aliphatic heterocycles. The molecule has 1 aromatic heterocycles. The molecule has 2 rings (SSSR count). The Hall–Kier alpha value is -2.56. The molecular formula is C17H19NO4. The molecule has 22 heavy (non-hydrogen) atoms. The van der Waals surface area contributed by atoms with Gasteiger partial charge in [-0.1, -0.05) is 0 Å². The standard InChI is InChI=1S/C17H19NO4/c1-5-22-15(19)9-6-12-10-11(2)18-17-14(21-4)8-7-13(20-3)16(12)17/h6-10H,5H2,1-4H3/b9-6+. The van der Waals surface area contributed by atoms with Crippen molar-refractivity contribution in [2.24, 2.45) is 0 Å². The molecule has 0 aliphatic rings. The number of carbonyl (C=O) groups excluding carboxylic acids is 1. The molecule has 1 aromatic carbocycles. The van der Waals surface area contributed by atoms with Crippen LogP contribution >= 0.6 is 0 Å². The van der Waals surface area contributed by atoms with E-state index >= 15 is 0 Å². The molecule has 0 atom stereocenters. The predicted octanol–water partition coefficient (Wildman–Crippen LogP) is 3.14. The molecule has 1 heterocycles. The maximum atomic E-state index is 11.5. The molecule has 0 bridgehead atoms. The van der Waals surface area contributed by atoms with Gasteiger partial charge in [-0.3, -0.25) is 0 Å². The van der Waals surface area contributed by atoms with Crippen molar-refractivity contribution in [1.29, 1.82) is 0 Å². The van der Waals surface area contributed by atoms with Crippen LogP contribution in [0.4, 0.5) is 0 Å². The van der Waals surface area contributed by atoms with Gasteiger partial charge in [0.1, 0.15) is 17.0 Å². The van der Waals surface area contributed by atoms with Crippen molar-refractivity contribution in [2.75, 3.05) is 20.8 Å². The number of methoxy groups -OCH3 is 2. The van der Waals surface area contributed by atoms with E-state index in [0.29, 0.717) is 23.6 Å². The molecule has 0 N–H and O–H groups in total. The third-order valence-corrected chi connectivity index (χ3v) is 3.17. The number of carbonyl (C=O) groups is 1. The maximum absolute atomic E-state index is 11.5. The zero-order valence-corrected chi connectivity index (χ0v) is 13.2. The number of fused-ring (bicyclic) bond motifs is 1. The summed E-state index contributed by atoms with van der Waals surface area (Å²) in [6.45, 7) is 4.00. The van der Waals surface area contributed by atoms with Crippen LogP contribution in [0.1, 0.15) is 18.2 Å². The first-order valence-corrected chi connectivity index (χ1v) is 6.97. The lowest BCUT2D eigenvalue weighted by Gasteiger charge is -2.12. The first-order chi connectivity index (χ1) is 10.6. The molecule has 5 nitrogen and oxygen atoms in total. The largest absolute Gasteiger partial charge is 0.496 e. The van der Waals surface area contributed by atoms with E-state index in [2.05, 4.69) is 4.98 Å². The van der Waals surface area contributed by atoms with Gasteiger partial charge in [0.15, 0.2) is 0 Å². The SMILES string of the molecule is CCOC(=O)/C=C/c1cc(C)nc2c(OC)ccc(OC)c12. The van der Waals surface area contributed by atoms with Gasteiger partial charge in [-0.25, -0.2) is 9.78 Å². The second kappa shape index (κ2) is 6.93. The van der Waals surface area contributed by atoms with Crippen molar-refractivity contribution in [3.8, 4) is 11.5 Å². The van der Waals surface area contributed by atoms with Gasteiger partial charge in [-0.05, 0) is 43.7 Å². The van der Waals surface area contributed by atoms with E-state index in [-0.39, 0.29) is 5.97 Å². The second-order valence-electron chi connectivity index (χ2n) is 4.63. The Morgan fingerprint density at radius 3 is 2.55 bits per heavy atom. The van der Waals surface area contributed by atoms with Crippen molar-refractivity contribution in [1.82, 2.24) is 4.98 Å². The number of aryl methyl sites for hydroxylation is 1. The van der Waals surface area contributed by atoms with Crippen LogP contribution in [-0.2, 0) is 9.53 Å². The van der Waals surface area contributed by atoms with E-state index in [9.17, 15) is 4.79 Å². The number of ether oxygens (including phenoxy) is 3. The molecule has 0 unspecified atom stereocenters. The third-order valence-electron chi connectivity index (χ3n) is 3.17. The van der Waals surface area contributed by atoms with Crippen molar-refractivity contribution < 1.29 is 19.0 Å². The van der Waals surface area contributed by atoms with Crippen molar-refractivity contribution in [3.05, 3.63) is 35.5 Å². The summed E-state index contributed by atoms with van der Waals surface area (Å²) in [5.41, 5.74) is 2.35. The van der Waals surface area contributed by atoms with Crippen LogP contribution in [0.2, 0.25) is 0 Å². The summed E-state index contributed by atoms with van der Waals surface area (Å²) in [4.78, 5) is 16.1. The predicted molar refractivity (Wildman–Crippen MR) is 85.3 cm³/mol. The van der Waals surface area contributed by atoms with Crippen LogP contribution in [-0.4, -0.2) is 31.8 Å². The molecule has 0 saturated heterocycles. The van der Waals surface area contributed by atoms with Gasteiger partial charge in [-0.2, -0.15) is 0 Å². The summed E-state index contributed by atoms with van der Waals surface area (Å²) in [6, 6.07) is 5.52. The van der Waals surface area contributed by atoms with Gasteiger partial charge in [0.05, 0.1) is 26.2 Å². The number of nitrogens with zero attached hydrogens (tertiary/aromatic N) is 1. The van der Waals surface area contributed by atoms with Gasteiger partial charge < -0.3 is 14.2 Å². The van der Waals surface area contributed by atoms with Crippen molar-refractivity contribution in [3.63, 3.8) is 0 Å². The first-order valence-electron chi connectivity index (χ1n) is 6.97. The van der Waals surface area contributed by atoms with Crippen LogP contribution in [0.25, 0.3) is 17.0 Å². The van der Waals surface area contributed by atoms with E-state index in [4.69, 9.17) is 14.2 Å². The number of aromatic nitrogens is 1. The fourth-order valence-electron chi connectivity index (χ4n) is 2.26. The summed E-state index contributed by atoms with van der Waals surface area (Å²) < 4.78 is 15.7. The van der Waals surface area contributed by atoms with E-state index < -0.39 is 0 Å². The monoisotopic (exact) mass is 301 g/mol. The Labute approximate surface area is 129 Å². The van der Waals surface area contributed by atoms with Crippen LogP contribution in [0, 0.1) is 6.92 Å². The van der Waals surface area contributed by atoms with Crippen molar-refractivity contribution >= 4 is 22.9 Å². The highest BCUT2D eigenvalue weighted by Crippen LogP contribution is 2.35. The Morgan fingerprint density at radius 2 is 1.91 bits per heavy atom. The molecule has 2 aromatic rings. The van der Waals surface area contributed by atoms with Gasteiger partial charge in [0.25, 0.3) is 0 Å². The lowest BCUT2D eigenvalue weighted by molar-refractivity contribution is -0.137. The van der Waals surface area contributed by atoms with Crippen LogP contribution in [0.5, 0.6) is 11.5 Å². The fourth-order valence-corrected chi connectivity index (χ4v) is 2.26. The molecule has 0 amide bonds. The van der Waals surface area contributed by atoms with Crippen LogP contribution in [0.3, 0.4) is 0 Å². The summed E-state index contributed by atoms with van der Waals surface area (Å²) in [5.74, 6) is 0.948. The molecular weight excluding hydrogens is 282 g/mol. The zero-order chi connectivity index (χ0) is 16.1. The first kappa shape index (κ1) is 15.8. The molecule has 0 fully saturated rings. The minimum Gasteiger partial charge on any atom is -0.496 e.